The van der Waals surface area contributed by atoms with Crippen LogP contribution in [0.5, 0.6) is 5.06 Å². The van der Waals surface area contributed by atoms with E-state index in [0.29, 0.717) is 30.7 Å². The molecule has 112 valence electrons. The van der Waals surface area contributed by atoms with E-state index in [0.717, 1.165) is 5.56 Å². The fraction of sp³-hybridized carbons (Fsp3) is 0.333. The molecule has 0 aromatic carbocycles. The van der Waals surface area contributed by atoms with Crippen molar-refractivity contribution < 1.29 is 19.4 Å². The Morgan fingerprint density at radius 1 is 1.19 bits per heavy atom. The quantitative estimate of drug-likeness (QED) is 0.751. The van der Waals surface area contributed by atoms with Gasteiger partial charge in [0.2, 0.25) is 0 Å². The van der Waals surface area contributed by atoms with Crippen LogP contribution in [0.3, 0.4) is 0 Å². The van der Waals surface area contributed by atoms with Gasteiger partial charge < -0.3 is 9.84 Å². The molecule has 4 nitrogen and oxygen atoms in total. The number of hydrogen-bond donors (Lipinski definition) is 1. The maximum atomic E-state index is 11.7. The van der Waals surface area contributed by atoms with Crippen molar-refractivity contribution in [2.24, 2.45) is 0 Å². The van der Waals surface area contributed by atoms with Crippen LogP contribution in [-0.2, 0) is 22.4 Å². The number of rotatable bonds is 8. The van der Waals surface area contributed by atoms with Gasteiger partial charge in [0.1, 0.15) is 0 Å². The molecule has 0 amide bonds. The number of esters is 1. The molecule has 2 rings (SSSR count). The van der Waals surface area contributed by atoms with E-state index in [1.807, 2.05) is 29.0 Å². The van der Waals surface area contributed by atoms with Crippen molar-refractivity contribution in [2.75, 3.05) is 0 Å². The zero-order chi connectivity index (χ0) is 15.1. The van der Waals surface area contributed by atoms with Crippen LogP contribution >= 0.6 is 22.7 Å². The number of carbonyl (C=O) groups excluding carboxylic acids is 1. The molecule has 0 spiro atoms. The first-order chi connectivity index (χ1) is 10.1. The normalized spacial score (nSPS) is 10.5. The molecule has 0 saturated heterocycles. The topological polar surface area (TPSA) is 63.6 Å². The van der Waals surface area contributed by atoms with Crippen molar-refractivity contribution in [1.82, 2.24) is 0 Å². The van der Waals surface area contributed by atoms with Gasteiger partial charge >= 0.3 is 11.9 Å². The molecule has 0 unspecified atom stereocenters. The van der Waals surface area contributed by atoms with Crippen LogP contribution in [0.15, 0.2) is 29.0 Å². The third-order valence-corrected chi connectivity index (χ3v) is 4.65. The SMILES string of the molecule is O=C(O)CCCc1csc(OC(=O)CCc2cccs2)c1. The summed E-state index contributed by atoms with van der Waals surface area (Å²) in [5.74, 6) is -1.02. The first-order valence-electron chi connectivity index (χ1n) is 6.66. The number of carbonyl (C=O) groups is 2. The van der Waals surface area contributed by atoms with Crippen molar-refractivity contribution in [1.29, 1.82) is 0 Å². The fourth-order valence-corrected chi connectivity index (χ4v) is 3.35. The van der Waals surface area contributed by atoms with Gasteiger partial charge in [0.15, 0.2) is 5.06 Å². The number of aliphatic carboxylic acids is 1. The predicted molar refractivity (Wildman–Crippen MR) is 83.2 cm³/mol. The molecule has 21 heavy (non-hydrogen) atoms. The summed E-state index contributed by atoms with van der Waals surface area (Å²) >= 11 is 3.01. The van der Waals surface area contributed by atoms with Crippen LogP contribution in [0.1, 0.15) is 29.7 Å². The van der Waals surface area contributed by atoms with Gasteiger partial charge in [-0.25, -0.2) is 0 Å². The largest absolute Gasteiger partial charge is 0.481 e. The Hall–Kier alpha value is -1.66. The van der Waals surface area contributed by atoms with Crippen LogP contribution < -0.4 is 4.74 Å². The summed E-state index contributed by atoms with van der Waals surface area (Å²) < 4.78 is 5.29. The van der Waals surface area contributed by atoms with Gasteiger partial charge in [-0.3, -0.25) is 9.59 Å². The summed E-state index contributed by atoms with van der Waals surface area (Å²) in [6.45, 7) is 0. The van der Waals surface area contributed by atoms with Gasteiger partial charge in [-0.15, -0.1) is 22.7 Å². The number of carboxylic acids is 1. The second-order valence-corrected chi connectivity index (χ2v) is 6.48. The van der Waals surface area contributed by atoms with Crippen molar-refractivity contribution >= 4 is 34.6 Å². The lowest BCUT2D eigenvalue weighted by Crippen LogP contribution is -2.07. The molecule has 2 aromatic rings. The molecule has 2 aromatic heterocycles. The number of hydrogen-bond acceptors (Lipinski definition) is 5. The maximum absolute atomic E-state index is 11.7. The number of ether oxygens (including phenoxy) is 1. The van der Waals surface area contributed by atoms with Gasteiger partial charge in [0.25, 0.3) is 0 Å². The van der Waals surface area contributed by atoms with E-state index in [1.54, 1.807) is 11.3 Å². The Kier molecular flexibility index (Phi) is 5.95. The van der Waals surface area contributed by atoms with E-state index in [9.17, 15) is 9.59 Å². The summed E-state index contributed by atoms with van der Waals surface area (Å²) in [5.41, 5.74) is 1.02. The average molecular weight is 324 g/mol. The van der Waals surface area contributed by atoms with Crippen molar-refractivity contribution in [3.8, 4) is 5.06 Å². The minimum Gasteiger partial charge on any atom is -0.481 e. The lowest BCUT2D eigenvalue weighted by molar-refractivity contribution is -0.137. The molecule has 0 radical (unpaired) electrons. The molecular weight excluding hydrogens is 308 g/mol. The van der Waals surface area contributed by atoms with Gasteiger partial charge in [-0.05, 0) is 47.7 Å². The number of aryl methyl sites for hydroxylation is 2. The van der Waals surface area contributed by atoms with Crippen LogP contribution in [0.2, 0.25) is 0 Å². The van der Waals surface area contributed by atoms with Gasteiger partial charge in [-0.2, -0.15) is 0 Å². The van der Waals surface area contributed by atoms with Gasteiger partial charge in [0.05, 0.1) is 6.42 Å². The molecular formula is C15H16O4S2. The Labute approximate surface area is 131 Å². The predicted octanol–water partition coefficient (Wildman–Crippen LogP) is 3.76. The Bertz CT molecular complexity index is 587. The second-order valence-electron chi connectivity index (χ2n) is 4.57. The average Bonchev–Trinajstić information content (AvgIpc) is 3.08. The molecule has 0 atom stereocenters. The molecule has 0 aliphatic carbocycles. The first kappa shape index (κ1) is 15.7. The molecule has 2 heterocycles. The molecule has 6 heteroatoms. The van der Waals surface area contributed by atoms with Gasteiger partial charge in [0, 0.05) is 11.3 Å². The lowest BCUT2D eigenvalue weighted by Gasteiger charge is -2.00. The van der Waals surface area contributed by atoms with E-state index in [-0.39, 0.29) is 12.4 Å². The first-order valence-corrected chi connectivity index (χ1v) is 8.41. The van der Waals surface area contributed by atoms with E-state index in [2.05, 4.69) is 0 Å². The van der Waals surface area contributed by atoms with Gasteiger partial charge in [-0.1, -0.05) is 6.07 Å². The van der Waals surface area contributed by atoms with Crippen LogP contribution in [-0.4, -0.2) is 17.0 Å². The zero-order valence-electron chi connectivity index (χ0n) is 11.4. The van der Waals surface area contributed by atoms with Crippen molar-refractivity contribution in [3.63, 3.8) is 0 Å². The Balaban J connectivity index is 1.73. The van der Waals surface area contributed by atoms with E-state index in [4.69, 9.17) is 9.84 Å². The lowest BCUT2D eigenvalue weighted by atomic mass is 10.1. The molecule has 0 aliphatic heterocycles. The third-order valence-electron chi connectivity index (χ3n) is 2.86. The van der Waals surface area contributed by atoms with E-state index >= 15 is 0 Å². The molecule has 0 bridgehead atoms. The highest BCUT2D eigenvalue weighted by atomic mass is 32.1. The fourth-order valence-electron chi connectivity index (χ4n) is 1.82. The van der Waals surface area contributed by atoms with E-state index in [1.165, 1.54) is 16.2 Å². The van der Waals surface area contributed by atoms with Crippen LogP contribution in [0.4, 0.5) is 0 Å². The second kappa shape index (κ2) is 7.95. The minimum atomic E-state index is -0.787. The minimum absolute atomic E-state index is 0.159. The number of carboxylic acid groups (broad SMARTS) is 1. The highest BCUT2D eigenvalue weighted by Crippen LogP contribution is 2.25. The smallest absolute Gasteiger partial charge is 0.312 e. The van der Waals surface area contributed by atoms with E-state index < -0.39 is 5.97 Å². The maximum Gasteiger partial charge on any atom is 0.312 e. The molecule has 0 saturated carbocycles. The van der Waals surface area contributed by atoms with Crippen molar-refractivity contribution in [2.45, 2.75) is 32.1 Å². The number of thiophene rings is 2. The molecule has 0 aliphatic rings. The highest BCUT2D eigenvalue weighted by Gasteiger charge is 2.09. The highest BCUT2D eigenvalue weighted by molar-refractivity contribution is 7.12. The van der Waals surface area contributed by atoms with Crippen molar-refractivity contribution in [3.05, 3.63) is 39.4 Å². The summed E-state index contributed by atoms with van der Waals surface area (Å²) in [6, 6.07) is 5.78. The summed E-state index contributed by atoms with van der Waals surface area (Å²) in [5, 5.41) is 13.1. The zero-order valence-corrected chi connectivity index (χ0v) is 13.0. The Morgan fingerprint density at radius 2 is 2.05 bits per heavy atom. The summed E-state index contributed by atoms with van der Waals surface area (Å²) in [7, 11) is 0. The molecule has 0 fully saturated rings. The Morgan fingerprint density at radius 3 is 2.76 bits per heavy atom. The van der Waals surface area contributed by atoms with Crippen LogP contribution in [0.25, 0.3) is 0 Å². The third kappa shape index (κ3) is 5.69. The summed E-state index contributed by atoms with van der Waals surface area (Å²) in [6.07, 6.45) is 2.51. The monoisotopic (exact) mass is 324 g/mol. The van der Waals surface area contributed by atoms with Crippen LogP contribution in [0, 0.1) is 0 Å². The standard InChI is InChI=1S/C15H16O4S2/c16-13(17)5-1-3-11-9-15(21-10-11)19-14(18)7-6-12-4-2-8-20-12/h2,4,8-10H,1,3,5-7H2,(H,16,17). The molecule has 1 N–H and O–H groups in total. The summed E-state index contributed by atoms with van der Waals surface area (Å²) in [4.78, 5) is 23.3.